The van der Waals surface area contributed by atoms with Gasteiger partial charge in [0.1, 0.15) is 17.3 Å². The predicted octanol–water partition coefficient (Wildman–Crippen LogP) is 5.55. The van der Waals surface area contributed by atoms with E-state index in [1.54, 1.807) is 36.4 Å². The molecule has 0 aliphatic heterocycles. The Labute approximate surface area is 224 Å². The lowest BCUT2D eigenvalue weighted by atomic mass is 9.85. The Balaban J connectivity index is 1.49. The third-order valence-corrected chi connectivity index (χ3v) is 7.55. The fourth-order valence-electron chi connectivity index (χ4n) is 4.17. The maximum atomic E-state index is 12.8. The molecule has 2 N–H and O–H groups in total. The van der Waals surface area contributed by atoms with Gasteiger partial charge in [-0.3, -0.25) is 4.79 Å². The largest absolute Gasteiger partial charge is 0.461 e. The number of benzene rings is 4. The highest BCUT2D eigenvalue weighted by Gasteiger charge is 2.25. The molecule has 0 fully saturated rings. The Kier molecular flexibility index (Phi) is 8.94. The standard InChI is InChI=1S/C31H31NO5S/c1-23-12-18-28(19-13-23)38(34,35)37-27-16-14-26(15-17-27)29(30(32)20-24-8-4-2-5-9-24)21-31(33)36-22-25-10-6-3-7-11-25/h2-19,29-30H,20-22,32H2,1H3. The number of rotatable bonds is 11. The van der Waals surface area contributed by atoms with Crippen molar-refractivity contribution < 1.29 is 22.1 Å². The van der Waals surface area contributed by atoms with Crippen molar-refractivity contribution in [2.75, 3.05) is 0 Å². The van der Waals surface area contributed by atoms with Gasteiger partial charge in [-0.25, -0.2) is 0 Å². The molecule has 4 aromatic rings. The first-order valence-corrected chi connectivity index (χ1v) is 13.8. The van der Waals surface area contributed by atoms with E-state index in [0.29, 0.717) is 6.42 Å². The first-order chi connectivity index (χ1) is 18.3. The quantitative estimate of drug-likeness (QED) is 0.202. The van der Waals surface area contributed by atoms with E-state index >= 15 is 0 Å². The van der Waals surface area contributed by atoms with Crippen LogP contribution in [0, 0.1) is 6.92 Å². The second-order valence-corrected chi connectivity index (χ2v) is 10.8. The summed E-state index contributed by atoms with van der Waals surface area (Å²) in [4.78, 5) is 12.9. The lowest BCUT2D eigenvalue weighted by Gasteiger charge is -2.24. The molecule has 7 heteroatoms. The van der Waals surface area contributed by atoms with E-state index in [2.05, 4.69) is 0 Å². The average molecular weight is 530 g/mol. The number of ether oxygens (including phenoxy) is 1. The van der Waals surface area contributed by atoms with Crippen molar-refractivity contribution in [2.24, 2.45) is 5.73 Å². The number of carbonyl (C=O) groups is 1. The lowest BCUT2D eigenvalue weighted by Crippen LogP contribution is -2.32. The molecule has 0 saturated carbocycles. The molecule has 0 heterocycles. The topological polar surface area (TPSA) is 95.7 Å². The molecular weight excluding hydrogens is 498 g/mol. The van der Waals surface area contributed by atoms with Crippen LogP contribution < -0.4 is 9.92 Å². The number of esters is 1. The summed E-state index contributed by atoms with van der Waals surface area (Å²) in [6.07, 6.45) is 0.653. The number of aryl methyl sites for hydroxylation is 1. The summed E-state index contributed by atoms with van der Waals surface area (Å²) in [5.74, 6) is -0.526. The van der Waals surface area contributed by atoms with Crippen LogP contribution >= 0.6 is 0 Å². The summed E-state index contributed by atoms with van der Waals surface area (Å²) in [6.45, 7) is 2.07. The Morgan fingerprint density at radius 3 is 1.97 bits per heavy atom. The third-order valence-electron chi connectivity index (χ3n) is 6.28. The maximum absolute atomic E-state index is 12.8. The molecule has 196 valence electrons. The first-order valence-electron chi connectivity index (χ1n) is 12.4. The number of nitrogens with two attached hydrogens (primary N) is 1. The van der Waals surface area contributed by atoms with Crippen molar-refractivity contribution in [3.8, 4) is 5.75 Å². The van der Waals surface area contributed by atoms with Crippen molar-refractivity contribution in [3.63, 3.8) is 0 Å². The van der Waals surface area contributed by atoms with Crippen LogP contribution in [0.5, 0.6) is 5.75 Å². The SMILES string of the molecule is Cc1ccc(S(=O)(=O)Oc2ccc(C(CC(=O)OCc3ccccc3)C(N)Cc3ccccc3)cc2)cc1. The molecule has 0 spiro atoms. The number of hydrogen-bond acceptors (Lipinski definition) is 6. The van der Waals surface area contributed by atoms with E-state index in [4.69, 9.17) is 14.7 Å². The second kappa shape index (κ2) is 12.5. The molecule has 6 nitrogen and oxygen atoms in total. The molecule has 4 rings (SSSR count). The Morgan fingerprint density at radius 1 is 0.789 bits per heavy atom. The van der Waals surface area contributed by atoms with Crippen LogP contribution in [0.1, 0.15) is 34.6 Å². The van der Waals surface area contributed by atoms with Crippen LogP contribution in [0.25, 0.3) is 0 Å². The number of carbonyl (C=O) groups excluding carboxylic acids is 1. The molecule has 0 bridgehead atoms. The normalized spacial score (nSPS) is 12.9. The maximum Gasteiger partial charge on any atom is 0.339 e. The van der Waals surface area contributed by atoms with Gasteiger partial charge in [0.25, 0.3) is 0 Å². The fourth-order valence-corrected chi connectivity index (χ4v) is 5.10. The highest BCUT2D eigenvalue weighted by molar-refractivity contribution is 7.87. The molecule has 0 amide bonds. The molecule has 0 radical (unpaired) electrons. The van der Waals surface area contributed by atoms with Gasteiger partial charge in [-0.1, -0.05) is 90.5 Å². The van der Waals surface area contributed by atoms with Gasteiger partial charge in [0.05, 0.1) is 6.42 Å². The zero-order valence-corrected chi connectivity index (χ0v) is 22.0. The fraction of sp³-hybridized carbons (Fsp3) is 0.194. The zero-order valence-electron chi connectivity index (χ0n) is 21.2. The summed E-state index contributed by atoms with van der Waals surface area (Å²) in [7, 11) is -3.97. The summed E-state index contributed by atoms with van der Waals surface area (Å²) < 4.78 is 36.2. The van der Waals surface area contributed by atoms with Gasteiger partial charge in [0.15, 0.2) is 0 Å². The summed E-state index contributed by atoms with van der Waals surface area (Å²) in [6, 6.07) is 32.1. The molecule has 0 aliphatic rings. The Morgan fingerprint density at radius 2 is 1.37 bits per heavy atom. The van der Waals surface area contributed by atoms with Crippen LogP contribution in [0.15, 0.2) is 114 Å². The highest BCUT2D eigenvalue weighted by Crippen LogP contribution is 2.28. The predicted molar refractivity (Wildman–Crippen MR) is 147 cm³/mol. The Bertz CT molecular complexity index is 1420. The van der Waals surface area contributed by atoms with Gasteiger partial charge in [-0.2, -0.15) is 8.42 Å². The summed E-state index contributed by atoms with van der Waals surface area (Å²) in [5, 5.41) is 0. The van der Waals surface area contributed by atoms with Crippen LogP contribution in [-0.4, -0.2) is 20.4 Å². The van der Waals surface area contributed by atoms with Crippen molar-refractivity contribution >= 4 is 16.1 Å². The molecular formula is C31H31NO5S. The Hall–Kier alpha value is -3.94. The molecule has 4 aromatic carbocycles. The van der Waals surface area contributed by atoms with E-state index in [9.17, 15) is 13.2 Å². The molecule has 38 heavy (non-hydrogen) atoms. The number of hydrogen-bond donors (Lipinski definition) is 1. The van der Waals surface area contributed by atoms with Crippen molar-refractivity contribution in [1.82, 2.24) is 0 Å². The molecule has 0 aliphatic carbocycles. The minimum atomic E-state index is -3.97. The van der Waals surface area contributed by atoms with Gasteiger partial charge >= 0.3 is 16.1 Å². The zero-order chi connectivity index (χ0) is 27.0. The van der Waals surface area contributed by atoms with E-state index < -0.39 is 10.1 Å². The monoisotopic (exact) mass is 529 g/mol. The van der Waals surface area contributed by atoms with Crippen LogP contribution in [0.2, 0.25) is 0 Å². The highest BCUT2D eigenvalue weighted by atomic mass is 32.2. The van der Waals surface area contributed by atoms with Crippen LogP contribution in [0.3, 0.4) is 0 Å². The van der Waals surface area contributed by atoms with Crippen molar-refractivity contribution in [1.29, 1.82) is 0 Å². The van der Waals surface area contributed by atoms with Crippen molar-refractivity contribution in [3.05, 3.63) is 131 Å². The van der Waals surface area contributed by atoms with E-state index in [-0.39, 0.29) is 41.6 Å². The van der Waals surface area contributed by atoms with Crippen molar-refractivity contribution in [2.45, 2.75) is 43.2 Å². The first kappa shape index (κ1) is 27.1. The van der Waals surface area contributed by atoms with Gasteiger partial charge in [0, 0.05) is 12.0 Å². The van der Waals surface area contributed by atoms with Gasteiger partial charge < -0.3 is 14.7 Å². The third kappa shape index (κ3) is 7.54. The average Bonchev–Trinajstić information content (AvgIpc) is 2.92. The van der Waals surface area contributed by atoms with Crippen LogP contribution in [0.4, 0.5) is 0 Å². The molecule has 0 aromatic heterocycles. The molecule has 2 unspecified atom stereocenters. The summed E-state index contributed by atoms with van der Waals surface area (Å²) in [5.41, 5.74) is 10.3. The minimum absolute atomic E-state index is 0.0797. The van der Waals surface area contributed by atoms with E-state index in [1.807, 2.05) is 67.6 Å². The smallest absolute Gasteiger partial charge is 0.339 e. The van der Waals surface area contributed by atoms with E-state index in [1.165, 1.54) is 12.1 Å². The van der Waals surface area contributed by atoms with E-state index in [0.717, 1.165) is 22.3 Å². The van der Waals surface area contributed by atoms with Gasteiger partial charge in [-0.05, 0) is 54.3 Å². The molecule has 0 saturated heterocycles. The van der Waals surface area contributed by atoms with Gasteiger partial charge in [0.2, 0.25) is 0 Å². The minimum Gasteiger partial charge on any atom is -0.461 e. The molecule has 2 atom stereocenters. The van der Waals surface area contributed by atoms with Gasteiger partial charge in [-0.15, -0.1) is 0 Å². The lowest BCUT2D eigenvalue weighted by molar-refractivity contribution is -0.145. The second-order valence-electron chi connectivity index (χ2n) is 9.23. The summed E-state index contributed by atoms with van der Waals surface area (Å²) >= 11 is 0. The van der Waals surface area contributed by atoms with Crippen LogP contribution in [-0.2, 0) is 32.7 Å².